The van der Waals surface area contributed by atoms with Crippen molar-refractivity contribution in [2.45, 2.75) is 19.5 Å². The smallest absolute Gasteiger partial charge is 0.124 e. The van der Waals surface area contributed by atoms with Gasteiger partial charge in [0.25, 0.3) is 0 Å². The highest BCUT2D eigenvalue weighted by molar-refractivity contribution is 5.46. The summed E-state index contributed by atoms with van der Waals surface area (Å²) in [6.07, 6.45) is 0. The second-order valence-corrected chi connectivity index (χ2v) is 5.41. The molecule has 2 aromatic carbocycles. The highest BCUT2D eigenvalue weighted by Gasteiger charge is 2.10. The van der Waals surface area contributed by atoms with E-state index in [1.165, 1.54) is 17.3 Å². The van der Waals surface area contributed by atoms with Crippen LogP contribution in [0.25, 0.3) is 0 Å². The van der Waals surface area contributed by atoms with Crippen molar-refractivity contribution in [2.75, 3.05) is 19.0 Å². The van der Waals surface area contributed by atoms with Crippen molar-refractivity contribution in [3.63, 3.8) is 0 Å². The Kier molecular flexibility index (Phi) is 4.70. The van der Waals surface area contributed by atoms with Crippen molar-refractivity contribution in [1.29, 1.82) is 0 Å². The molecular weight excluding hydrogens is 264 g/mol. The molecule has 3 N–H and O–H groups in total. The minimum atomic E-state index is -0.000810. The third kappa shape index (κ3) is 3.89. The first-order valence-corrected chi connectivity index (χ1v) is 6.99. The van der Waals surface area contributed by atoms with Crippen LogP contribution in [0.2, 0.25) is 0 Å². The highest BCUT2D eigenvalue weighted by atomic mass is 16.3. The number of nitrogens with one attached hydrogen (secondary N) is 1. The van der Waals surface area contributed by atoms with E-state index in [1.807, 2.05) is 21.0 Å². The Balaban J connectivity index is 1.98. The number of phenols is 2. The maximum absolute atomic E-state index is 9.85. The average Bonchev–Trinajstić information content (AvgIpc) is 2.45. The predicted octanol–water partition coefficient (Wildman–Crippen LogP) is 3.01. The van der Waals surface area contributed by atoms with Gasteiger partial charge in [-0.3, -0.25) is 0 Å². The zero-order valence-corrected chi connectivity index (χ0v) is 12.7. The van der Waals surface area contributed by atoms with Gasteiger partial charge in [0.05, 0.1) is 0 Å². The van der Waals surface area contributed by atoms with Gasteiger partial charge in [-0.2, -0.15) is 0 Å². The van der Waals surface area contributed by atoms with Crippen LogP contribution in [0.4, 0.5) is 5.69 Å². The van der Waals surface area contributed by atoms with Gasteiger partial charge >= 0.3 is 0 Å². The molecule has 4 heteroatoms. The van der Waals surface area contributed by atoms with E-state index in [0.29, 0.717) is 0 Å². The molecule has 1 unspecified atom stereocenters. The fourth-order valence-corrected chi connectivity index (χ4v) is 2.19. The fourth-order valence-electron chi connectivity index (χ4n) is 2.19. The first-order chi connectivity index (χ1) is 9.97. The van der Waals surface area contributed by atoms with Gasteiger partial charge in [-0.1, -0.05) is 18.2 Å². The van der Waals surface area contributed by atoms with Crippen LogP contribution in [-0.2, 0) is 6.54 Å². The fraction of sp³-hybridized carbons (Fsp3) is 0.294. The summed E-state index contributed by atoms with van der Waals surface area (Å²) in [6.45, 7) is 2.70. The maximum Gasteiger partial charge on any atom is 0.124 e. The lowest BCUT2D eigenvalue weighted by Gasteiger charge is -2.17. The Hall–Kier alpha value is -2.20. The zero-order chi connectivity index (χ0) is 15.4. The van der Waals surface area contributed by atoms with E-state index in [0.717, 1.165) is 12.1 Å². The van der Waals surface area contributed by atoms with E-state index in [2.05, 4.69) is 34.5 Å². The minimum Gasteiger partial charge on any atom is -0.508 e. The molecule has 21 heavy (non-hydrogen) atoms. The molecule has 112 valence electrons. The Bertz CT molecular complexity index is 594. The molecule has 0 spiro atoms. The lowest BCUT2D eigenvalue weighted by atomic mass is 10.1. The van der Waals surface area contributed by atoms with Crippen molar-refractivity contribution in [3.8, 4) is 11.5 Å². The molecule has 0 saturated heterocycles. The molecule has 4 nitrogen and oxygen atoms in total. The molecule has 0 radical (unpaired) electrons. The van der Waals surface area contributed by atoms with Gasteiger partial charge in [0, 0.05) is 44.0 Å². The third-order valence-corrected chi connectivity index (χ3v) is 3.55. The van der Waals surface area contributed by atoms with Crippen LogP contribution >= 0.6 is 0 Å². The Morgan fingerprint density at radius 2 is 1.71 bits per heavy atom. The minimum absolute atomic E-state index is 0.000810. The van der Waals surface area contributed by atoms with Gasteiger partial charge in [-0.15, -0.1) is 0 Å². The molecule has 2 rings (SSSR count). The van der Waals surface area contributed by atoms with Crippen LogP contribution in [0.1, 0.15) is 24.1 Å². The molecule has 0 heterocycles. The summed E-state index contributed by atoms with van der Waals surface area (Å²) in [5.41, 5.74) is 3.13. The van der Waals surface area contributed by atoms with Crippen molar-refractivity contribution in [3.05, 3.63) is 53.6 Å². The van der Waals surface area contributed by atoms with E-state index in [1.54, 1.807) is 12.1 Å². The number of hydrogen-bond donors (Lipinski definition) is 3. The highest BCUT2D eigenvalue weighted by Crippen LogP contribution is 2.27. The molecule has 0 amide bonds. The van der Waals surface area contributed by atoms with Gasteiger partial charge in [0.1, 0.15) is 11.5 Å². The first-order valence-electron chi connectivity index (χ1n) is 6.99. The second-order valence-electron chi connectivity index (χ2n) is 5.41. The molecule has 0 aliphatic rings. The van der Waals surface area contributed by atoms with E-state index in [4.69, 9.17) is 0 Å². The van der Waals surface area contributed by atoms with E-state index in [9.17, 15) is 10.2 Å². The lowest BCUT2D eigenvalue weighted by molar-refractivity contribution is 0.436. The summed E-state index contributed by atoms with van der Waals surface area (Å²) in [5, 5.41) is 22.5. The summed E-state index contributed by atoms with van der Waals surface area (Å²) in [5.74, 6) is 0.181. The quantitative estimate of drug-likeness (QED) is 0.791. The normalized spacial score (nSPS) is 12.1. The van der Waals surface area contributed by atoms with Crippen LogP contribution in [0.5, 0.6) is 11.5 Å². The van der Waals surface area contributed by atoms with Gasteiger partial charge in [-0.05, 0) is 30.7 Å². The monoisotopic (exact) mass is 286 g/mol. The van der Waals surface area contributed by atoms with E-state index < -0.39 is 0 Å². The lowest BCUT2D eigenvalue weighted by Crippen LogP contribution is -2.18. The summed E-state index contributed by atoms with van der Waals surface area (Å²) in [6, 6.07) is 13.0. The van der Waals surface area contributed by atoms with Gasteiger partial charge in [0.15, 0.2) is 0 Å². The third-order valence-electron chi connectivity index (χ3n) is 3.55. The van der Waals surface area contributed by atoms with Crippen LogP contribution in [0, 0.1) is 0 Å². The van der Waals surface area contributed by atoms with E-state index in [-0.39, 0.29) is 17.5 Å². The Morgan fingerprint density at radius 3 is 2.29 bits per heavy atom. The van der Waals surface area contributed by atoms with Crippen LogP contribution in [0.15, 0.2) is 42.5 Å². The average molecular weight is 286 g/mol. The molecule has 0 aromatic heterocycles. The Morgan fingerprint density at radius 1 is 1.05 bits per heavy atom. The molecule has 0 aliphatic carbocycles. The van der Waals surface area contributed by atoms with E-state index >= 15 is 0 Å². The van der Waals surface area contributed by atoms with Gasteiger partial charge < -0.3 is 20.4 Å². The summed E-state index contributed by atoms with van der Waals surface area (Å²) in [4.78, 5) is 2.06. The van der Waals surface area contributed by atoms with Crippen molar-refractivity contribution < 1.29 is 10.2 Å². The molecule has 0 aliphatic heterocycles. The SMILES string of the molecule is CC(NCc1ccc(N(C)C)cc1)c1ccc(O)cc1O. The predicted molar refractivity (Wildman–Crippen MR) is 85.8 cm³/mol. The van der Waals surface area contributed by atoms with Crippen LogP contribution in [0.3, 0.4) is 0 Å². The second kappa shape index (κ2) is 6.50. The van der Waals surface area contributed by atoms with Crippen molar-refractivity contribution in [2.24, 2.45) is 0 Å². The summed E-state index contributed by atoms with van der Waals surface area (Å²) in [7, 11) is 4.03. The summed E-state index contributed by atoms with van der Waals surface area (Å²) < 4.78 is 0. The maximum atomic E-state index is 9.85. The molecule has 0 saturated carbocycles. The van der Waals surface area contributed by atoms with Crippen molar-refractivity contribution in [1.82, 2.24) is 5.32 Å². The summed E-state index contributed by atoms with van der Waals surface area (Å²) >= 11 is 0. The zero-order valence-electron chi connectivity index (χ0n) is 12.7. The molecule has 0 fully saturated rings. The van der Waals surface area contributed by atoms with Gasteiger partial charge in [-0.25, -0.2) is 0 Å². The molecular formula is C17H22N2O2. The van der Waals surface area contributed by atoms with Crippen LogP contribution < -0.4 is 10.2 Å². The first kappa shape index (κ1) is 15.2. The largest absolute Gasteiger partial charge is 0.508 e. The number of benzene rings is 2. The van der Waals surface area contributed by atoms with Crippen molar-refractivity contribution >= 4 is 5.69 Å². The van der Waals surface area contributed by atoms with Crippen LogP contribution in [-0.4, -0.2) is 24.3 Å². The number of rotatable bonds is 5. The molecule has 0 bridgehead atoms. The number of aromatic hydroxyl groups is 2. The Labute approximate surface area is 125 Å². The number of nitrogens with zero attached hydrogens (tertiary/aromatic N) is 1. The molecule has 1 atom stereocenters. The number of hydrogen-bond acceptors (Lipinski definition) is 4. The standard InChI is InChI=1S/C17H22N2O2/c1-12(16-9-8-15(20)10-17(16)21)18-11-13-4-6-14(7-5-13)19(2)3/h4-10,12,18,20-21H,11H2,1-3H3. The van der Waals surface area contributed by atoms with Gasteiger partial charge in [0.2, 0.25) is 0 Å². The number of anilines is 1. The topological polar surface area (TPSA) is 55.7 Å². The number of phenolic OH excluding ortho intramolecular Hbond substituents is 2. The molecule has 2 aromatic rings.